The van der Waals surface area contributed by atoms with Gasteiger partial charge in [0.2, 0.25) is 11.8 Å². The number of aromatic nitrogens is 2. The maximum atomic E-state index is 12.6. The third-order valence-corrected chi connectivity index (χ3v) is 4.78. The van der Waals surface area contributed by atoms with E-state index < -0.39 is 12.1 Å². The zero-order valence-corrected chi connectivity index (χ0v) is 16.1. The summed E-state index contributed by atoms with van der Waals surface area (Å²) in [6.07, 6.45) is 1.69. The number of carbonyl (C=O) groups excluding carboxylic acids is 1. The van der Waals surface area contributed by atoms with E-state index in [1.54, 1.807) is 6.20 Å². The van der Waals surface area contributed by atoms with Crippen molar-refractivity contribution in [3.8, 4) is 5.88 Å². The fourth-order valence-electron chi connectivity index (χ4n) is 3.10. The molecule has 0 spiro atoms. The van der Waals surface area contributed by atoms with E-state index in [1.165, 1.54) is 18.5 Å². The van der Waals surface area contributed by atoms with Crippen molar-refractivity contribution in [2.24, 2.45) is 5.92 Å². The molecule has 10 heteroatoms. The highest BCUT2D eigenvalue weighted by Gasteiger charge is 2.38. The number of carbonyl (C=O) groups is 2. The first-order valence-electron chi connectivity index (χ1n) is 9.52. The van der Waals surface area contributed by atoms with Crippen molar-refractivity contribution in [2.75, 3.05) is 6.54 Å². The second kappa shape index (κ2) is 9.19. The highest BCUT2D eigenvalue weighted by molar-refractivity contribution is 5.76. The molecule has 0 bridgehead atoms. The number of rotatable bonds is 4. The van der Waals surface area contributed by atoms with Gasteiger partial charge in [-0.2, -0.15) is 13.2 Å². The van der Waals surface area contributed by atoms with Gasteiger partial charge in [-0.3, -0.25) is 4.79 Å². The van der Waals surface area contributed by atoms with Crippen LogP contribution in [0.4, 0.5) is 13.2 Å². The quantitative estimate of drug-likeness (QED) is 0.814. The normalized spacial score (nSPS) is 18.5. The summed E-state index contributed by atoms with van der Waals surface area (Å²) in [6, 6.07) is 9.76. The number of carboxylic acids is 1. The van der Waals surface area contributed by atoms with E-state index in [2.05, 4.69) is 21.8 Å². The van der Waals surface area contributed by atoms with E-state index in [4.69, 9.17) is 14.6 Å². The van der Waals surface area contributed by atoms with Gasteiger partial charge in [0, 0.05) is 30.6 Å². The van der Waals surface area contributed by atoms with E-state index in [0.717, 1.165) is 6.54 Å². The summed E-state index contributed by atoms with van der Waals surface area (Å²) in [5.41, 5.74) is 1.17. The second-order valence-corrected chi connectivity index (χ2v) is 7.28. The zero-order chi connectivity index (χ0) is 21.7. The second-order valence-electron chi connectivity index (χ2n) is 7.28. The Morgan fingerprint density at radius 3 is 2.50 bits per heavy atom. The summed E-state index contributed by atoms with van der Waals surface area (Å²) in [7, 11) is 0. The Morgan fingerprint density at radius 2 is 1.90 bits per heavy atom. The Kier molecular flexibility index (Phi) is 6.63. The molecule has 162 valence electrons. The minimum absolute atomic E-state index is 0.0818. The highest BCUT2D eigenvalue weighted by atomic mass is 19.4. The van der Waals surface area contributed by atoms with Crippen molar-refractivity contribution in [3.63, 3.8) is 0 Å². The third kappa shape index (κ3) is 6.23. The predicted molar refractivity (Wildman–Crippen MR) is 99.5 cm³/mol. The summed E-state index contributed by atoms with van der Waals surface area (Å²) in [6.45, 7) is 2.02. The Hall–Kier alpha value is -3.04. The summed E-state index contributed by atoms with van der Waals surface area (Å²) < 4.78 is 40.0. The SMILES string of the molecule is O=C(CC1CC1)N1Cc2cccn2CC(Oc2ccccn2)C1.O=C(O)C(F)(F)F. The Morgan fingerprint density at radius 1 is 1.17 bits per heavy atom. The van der Waals surface area contributed by atoms with Crippen LogP contribution in [0.3, 0.4) is 0 Å². The number of fused-ring (bicyclic) bond motifs is 1. The maximum absolute atomic E-state index is 12.6. The van der Waals surface area contributed by atoms with E-state index >= 15 is 0 Å². The maximum Gasteiger partial charge on any atom is 0.490 e. The lowest BCUT2D eigenvalue weighted by atomic mass is 10.2. The van der Waals surface area contributed by atoms with Crippen LogP contribution in [0.2, 0.25) is 0 Å². The lowest BCUT2D eigenvalue weighted by molar-refractivity contribution is -0.192. The number of halogens is 3. The minimum Gasteiger partial charge on any atom is -0.475 e. The van der Waals surface area contributed by atoms with Crippen LogP contribution in [0.1, 0.15) is 25.0 Å². The van der Waals surface area contributed by atoms with Gasteiger partial charge >= 0.3 is 12.1 Å². The van der Waals surface area contributed by atoms with Crippen LogP contribution in [0.15, 0.2) is 42.7 Å². The van der Waals surface area contributed by atoms with Gasteiger partial charge in [0.1, 0.15) is 6.10 Å². The average Bonchev–Trinajstić information content (AvgIpc) is 3.43. The van der Waals surface area contributed by atoms with Gasteiger partial charge in [0.15, 0.2) is 0 Å². The van der Waals surface area contributed by atoms with E-state index in [0.29, 0.717) is 31.3 Å². The molecule has 0 aromatic carbocycles. The van der Waals surface area contributed by atoms with Crippen LogP contribution in [0.5, 0.6) is 5.88 Å². The Bertz CT molecular complexity index is 866. The molecular weight excluding hydrogens is 403 g/mol. The van der Waals surface area contributed by atoms with Crippen molar-refractivity contribution in [1.29, 1.82) is 0 Å². The lowest BCUT2D eigenvalue weighted by Crippen LogP contribution is -2.38. The van der Waals surface area contributed by atoms with Gasteiger partial charge in [-0.15, -0.1) is 0 Å². The van der Waals surface area contributed by atoms with E-state index in [9.17, 15) is 18.0 Å². The number of nitrogens with zero attached hydrogens (tertiary/aromatic N) is 3. The summed E-state index contributed by atoms with van der Waals surface area (Å²) in [5.74, 6) is -1.29. The number of ether oxygens (including phenoxy) is 1. The third-order valence-electron chi connectivity index (χ3n) is 4.78. The zero-order valence-electron chi connectivity index (χ0n) is 16.1. The molecule has 3 heterocycles. The van der Waals surface area contributed by atoms with Crippen LogP contribution in [0, 0.1) is 5.92 Å². The van der Waals surface area contributed by atoms with Crippen LogP contribution in [0.25, 0.3) is 0 Å². The summed E-state index contributed by atoms with van der Waals surface area (Å²) in [4.78, 5) is 27.7. The Balaban J connectivity index is 0.000000318. The molecule has 1 atom stereocenters. The lowest BCUT2D eigenvalue weighted by Gasteiger charge is -2.24. The molecule has 1 aliphatic heterocycles. The topological polar surface area (TPSA) is 84.7 Å². The van der Waals surface area contributed by atoms with Gasteiger partial charge in [-0.05, 0) is 37.0 Å². The molecule has 2 aliphatic rings. The molecule has 1 fully saturated rings. The Labute approximate surface area is 171 Å². The molecule has 1 aliphatic carbocycles. The molecule has 0 saturated heterocycles. The van der Waals surface area contributed by atoms with E-state index in [-0.39, 0.29) is 12.0 Å². The molecular formula is C20H22F3N3O4. The number of alkyl halides is 3. The number of amides is 1. The predicted octanol–water partition coefficient (Wildman–Crippen LogP) is 3.11. The standard InChI is InChI=1S/C18H21N3O2.C2HF3O2/c22-18(10-14-6-7-14)21-11-15-4-3-9-20(15)12-16(13-21)23-17-5-1-2-8-19-17;3-2(4,5)1(6)7/h1-5,8-9,14,16H,6-7,10-13H2;(H,6,7). The van der Waals surface area contributed by atoms with Crippen LogP contribution < -0.4 is 4.74 Å². The first-order chi connectivity index (χ1) is 14.2. The molecule has 7 nitrogen and oxygen atoms in total. The van der Waals surface area contributed by atoms with Gasteiger partial charge in [-0.25, -0.2) is 9.78 Å². The van der Waals surface area contributed by atoms with E-state index in [1.807, 2.05) is 29.2 Å². The van der Waals surface area contributed by atoms with Gasteiger partial charge in [0.05, 0.1) is 19.6 Å². The first-order valence-corrected chi connectivity index (χ1v) is 9.52. The number of carboxylic acid groups (broad SMARTS) is 1. The fraction of sp³-hybridized carbons (Fsp3) is 0.450. The molecule has 2 aromatic rings. The first kappa shape index (κ1) is 21.7. The van der Waals surface area contributed by atoms with Crippen LogP contribution >= 0.6 is 0 Å². The minimum atomic E-state index is -5.08. The number of aliphatic carboxylic acids is 1. The molecule has 1 amide bonds. The largest absolute Gasteiger partial charge is 0.490 e. The molecule has 30 heavy (non-hydrogen) atoms. The van der Waals surface area contributed by atoms with Crippen LogP contribution in [-0.2, 0) is 22.7 Å². The smallest absolute Gasteiger partial charge is 0.475 e. The van der Waals surface area contributed by atoms with Crippen LogP contribution in [-0.4, -0.2) is 50.3 Å². The molecule has 0 radical (unpaired) electrons. The number of hydrogen-bond donors (Lipinski definition) is 1. The molecule has 1 unspecified atom stereocenters. The number of pyridine rings is 1. The highest BCUT2D eigenvalue weighted by Crippen LogP contribution is 2.33. The molecule has 1 saturated carbocycles. The van der Waals surface area contributed by atoms with Crippen molar-refractivity contribution in [1.82, 2.24) is 14.5 Å². The number of hydrogen-bond acceptors (Lipinski definition) is 4. The fourth-order valence-corrected chi connectivity index (χ4v) is 3.10. The average molecular weight is 425 g/mol. The molecule has 1 N–H and O–H groups in total. The van der Waals surface area contributed by atoms with Gasteiger partial charge < -0.3 is 19.3 Å². The van der Waals surface area contributed by atoms with Crippen molar-refractivity contribution in [2.45, 2.75) is 44.6 Å². The van der Waals surface area contributed by atoms with Crippen molar-refractivity contribution in [3.05, 3.63) is 48.4 Å². The molecule has 4 rings (SSSR count). The van der Waals surface area contributed by atoms with Crippen molar-refractivity contribution >= 4 is 11.9 Å². The van der Waals surface area contributed by atoms with Crippen molar-refractivity contribution < 1.29 is 32.6 Å². The summed E-state index contributed by atoms with van der Waals surface area (Å²) in [5, 5.41) is 7.12. The summed E-state index contributed by atoms with van der Waals surface area (Å²) >= 11 is 0. The van der Waals surface area contributed by atoms with Gasteiger partial charge in [-0.1, -0.05) is 6.07 Å². The van der Waals surface area contributed by atoms with Gasteiger partial charge in [0.25, 0.3) is 0 Å². The molecule has 2 aromatic heterocycles. The monoisotopic (exact) mass is 425 g/mol.